The van der Waals surface area contributed by atoms with Crippen molar-refractivity contribution in [2.45, 2.75) is 77.3 Å². The van der Waals surface area contributed by atoms with Gasteiger partial charge in [-0.3, -0.25) is 19.0 Å². The Labute approximate surface area is 313 Å². The van der Waals surface area contributed by atoms with Crippen molar-refractivity contribution in [1.29, 1.82) is 0 Å². The number of nitrogens with zero attached hydrogens (tertiary/aromatic N) is 5. The summed E-state index contributed by atoms with van der Waals surface area (Å²) in [7, 11) is 4.98. The molecular weight excluding hydrogens is 702 g/mol. The molecule has 6 rings (SSSR count). The summed E-state index contributed by atoms with van der Waals surface area (Å²) in [4.78, 5) is 31.2. The van der Waals surface area contributed by atoms with Crippen LogP contribution in [0.4, 0.5) is 13.2 Å². The molecule has 0 saturated carbocycles. The number of ether oxygens (including phenoxy) is 1. The van der Waals surface area contributed by atoms with Crippen LogP contribution in [0.25, 0.3) is 33.8 Å². The third kappa shape index (κ3) is 7.60. The van der Waals surface area contributed by atoms with Crippen molar-refractivity contribution >= 4 is 46.3 Å². The molecule has 284 valence electrons. The molecule has 0 unspecified atom stereocenters. The van der Waals surface area contributed by atoms with Crippen molar-refractivity contribution in [2.24, 2.45) is 7.05 Å². The van der Waals surface area contributed by atoms with Crippen LogP contribution in [0.3, 0.4) is 0 Å². The van der Waals surface area contributed by atoms with Crippen LogP contribution in [0.2, 0.25) is 0 Å². The van der Waals surface area contributed by atoms with Crippen LogP contribution < -0.4 is 9.46 Å². The number of nitrogens with one attached hydrogen (secondary N) is 1. The number of fused-ring (bicyclic) bond motifs is 5. The lowest BCUT2D eigenvalue weighted by Gasteiger charge is -2.32. The molecule has 2 aliphatic rings. The van der Waals surface area contributed by atoms with E-state index in [2.05, 4.69) is 28.2 Å². The van der Waals surface area contributed by atoms with Crippen molar-refractivity contribution < 1.29 is 27.5 Å². The zero-order valence-corrected chi connectivity index (χ0v) is 32.4. The van der Waals surface area contributed by atoms with Gasteiger partial charge in [-0.2, -0.15) is 18.3 Å². The quantitative estimate of drug-likeness (QED) is 0.155. The van der Waals surface area contributed by atoms with Crippen LogP contribution in [0.5, 0.6) is 5.75 Å². The minimum atomic E-state index is -4.86. The van der Waals surface area contributed by atoms with Gasteiger partial charge in [0.25, 0.3) is 11.8 Å². The third-order valence-electron chi connectivity index (χ3n) is 10.2. The van der Waals surface area contributed by atoms with Crippen LogP contribution in [-0.4, -0.2) is 81.5 Å². The zero-order valence-electron chi connectivity index (χ0n) is 31.6. The standard InChI is InChI=1S/C40H49F3N6O3S/c1-8-10-25(11-9-2)33-31-14-12-26(38(50)45-53-24(3)4)22-32(31)49-23-28(20-27-21-29(52-7)13-15-30(27)36(33)49)35-34(37(40(41,42)43)44-47(35)6)39(51)48-18-16-46(5)17-19-48/h12-15,20-22,24-25H,8-11,16-19,23H2,1-7H3,(H,45,50). The summed E-state index contributed by atoms with van der Waals surface area (Å²) in [6.07, 6.45) is 0.842. The summed E-state index contributed by atoms with van der Waals surface area (Å²) in [5.74, 6) is -0.118. The van der Waals surface area contributed by atoms with E-state index in [0.29, 0.717) is 43.1 Å². The number of alkyl halides is 3. The molecule has 4 heterocycles. The smallest absolute Gasteiger partial charge is 0.435 e. The second kappa shape index (κ2) is 15.6. The van der Waals surface area contributed by atoms with E-state index in [9.17, 15) is 22.8 Å². The molecule has 1 saturated heterocycles. The Morgan fingerprint density at radius 1 is 0.981 bits per heavy atom. The number of benzene rings is 2. The number of aromatic nitrogens is 3. The molecule has 13 heteroatoms. The van der Waals surface area contributed by atoms with Gasteiger partial charge in [0.05, 0.1) is 30.6 Å². The average molecular weight is 751 g/mol. The highest BCUT2D eigenvalue weighted by Crippen LogP contribution is 2.47. The second-order valence-electron chi connectivity index (χ2n) is 14.4. The lowest BCUT2D eigenvalue weighted by molar-refractivity contribution is -0.141. The maximum Gasteiger partial charge on any atom is 0.435 e. The number of piperazine rings is 1. The summed E-state index contributed by atoms with van der Waals surface area (Å²) < 4.78 is 56.3. The van der Waals surface area contributed by atoms with Gasteiger partial charge >= 0.3 is 6.18 Å². The van der Waals surface area contributed by atoms with Gasteiger partial charge in [-0.05, 0) is 90.9 Å². The van der Waals surface area contributed by atoms with Crippen molar-refractivity contribution in [1.82, 2.24) is 28.9 Å². The SMILES string of the molecule is CCCC(CCC)c1c2n(c3cc(C(=O)NSC(C)C)ccc13)CC(c1c(C(=O)N3CCN(C)CC3)c(C(F)(F)F)nn1C)=Cc1cc(OC)ccc1-2. The molecule has 9 nitrogen and oxygen atoms in total. The van der Waals surface area contributed by atoms with E-state index in [-0.39, 0.29) is 29.3 Å². The molecule has 0 atom stereocenters. The number of methoxy groups -OCH3 is 1. The Morgan fingerprint density at radius 3 is 2.30 bits per heavy atom. The highest BCUT2D eigenvalue weighted by Gasteiger charge is 2.43. The first-order valence-corrected chi connectivity index (χ1v) is 19.3. The van der Waals surface area contributed by atoms with E-state index >= 15 is 0 Å². The summed E-state index contributed by atoms with van der Waals surface area (Å²) in [5, 5.41) is 5.17. The summed E-state index contributed by atoms with van der Waals surface area (Å²) in [6, 6.07) is 11.6. The van der Waals surface area contributed by atoms with Crippen molar-refractivity contribution in [3.05, 3.63) is 70.0 Å². The molecule has 0 aliphatic carbocycles. The molecule has 53 heavy (non-hydrogen) atoms. The number of aryl methyl sites for hydroxylation is 1. The number of hydrogen-bond acceptors (Lipinski definition) is 6. The monoisotopic (exact) mass is 750 g/mol. The third-order valence-corrected chi connectivity index (χ3v) is 11.0. The van der Waals surface area contributed by atoms with E-state index in [4.69, 9.17) is 4.74 Å². The number of likely N-dealkylation sites (N-methyl/N-ethyl adjacent to an activating group) is 1. The van der Waals surface area contributed by atoms with Crippen LogP contribution in [0.15, 0.2) is 36.4 Å². The number of hydrogen-bond donors (Lipinski definition) is 1. The molecule has 2 aromatic heterocycles. The van der Waals surface area contributed by atoms with E-state index in [1.54, 1.807) is 7.11 Å². The van der Waals surface area contributed by atoms with Crippen molar-refractivity contribution in [2.75, 3.05) is 40.3 Å². The molecule has 1 fully saturated rings. The molecular formula is C40H49F3N6O3S. The maximum absolute atomic E-state index is 14.8. The van der Waals surface area contributed by atoms with Gasteiger partial charge in [-0.1, -0.05) is 46.6 Å². The molecule has 4 aromatic rings. The lowest BCUT2D eigenvalue weighted by atomic mass is 9.86. The molecule has 1 N–H and O–H groups in total. The van der Waals surface area contributed by atoms with Gasteiger partial charge in [0, 0.05) is 60.5 Å². The first-order chi connectivity index (χ1) is 25.3. The largest absolute Gasteiger partial charge is 0.497 e. The molecule has 2 amide bonds. The van der Waals surface area contributed by atoms with E-state index in [1.807, 2.05) is 68.3 Å². The van der Waals surface area contributed by atoms with Crippen LogP contribution in [0, 0.1) is 0 Å². The Kier molecular flexibility index (Phi) is 11.4. The fraction of sp³-hybridized carbons (Fsp3) is 0.475. The van der Waals surface area contributed by atoms with Gasteiger partial charge in [-0.15, -0.1) is 0 Å². The summed E-state index contributed by atoms with van der Waals surface area (Å²) >= 11 is 1.34. The molecule has 2 aliphatic heterocycles. The van der Waals surface area contributed by atoms with Crippen LogP contribution >= 0.6 is 11.9 Å². The minimum absolute atomic E-state index is 0.118. The Balaban J connectivity index is 1.65. The summed E-state index contributed by atoms with van der Waals surface area (Å²) in [5.41, 5.74) is 4.03. The molecule has 0 radical (unpaired) electrons. The number of carbonyl (C=O) groups is 2. The van der Waals surface area contributed by atoms with Gasteiger partial charge in [0.2, 0.25) is 0 Å². The minimum Gasteiger partial charge on any atom is -0.497 e. The Bertz CT molecular complexity index is 2030. The van der Waals surface area contributed by atoms with E-state index in [1.165, 1.54) is 28.6 Å². The maximum atomic E-state index is 14.8. The highest BCUT2D eigenvalue weighted by atomic mass is 32.2. The Morgan fingerprint density at radius 2 is 1.68 bits per heavy atom. The summed E-state index contributed by atoms with van der Waals surface area (Å²) in [6.45, 7) is 10.2. The molecule has 0 bridgehead atoms. The van der Waals surface area contributed by atoms with Crippen LogP contribution in [0.1, 0.15) is 103 Å². The van der Waals surface area contributed by atoms with Gasteiger partial charge in [-0.25, -0.2) is 0 Å². The van der Waals surface area contributed by atoms with E-state index in [0.717, 1.165) is 59.0 Å². The lowest BCUT2D eigenvalue weighted by Crippen LogP contribution is -2.47. The first kappa shape index (κ1) is 38.5. The Hall–Kier alpha value is -4.23. The number of amides is 2. The van der Waals surface area contributed by atoms with Gasteiger partial charge in [0.15, 0.2) is 5.69 Å². The zero-order chi connectivity index (χ0) is 38.2. The predicted octanol–water partition coefficient (Wildman–Crippen LogP) is 8.48. The van der Waals surface area contributed by atoms with Crippen molar-refractivity contribution in [3.8, 4) is 17.0 Å². The topological polar surface area (TPSA) is 84.6 Å². The van der Waals surface area contributed by atoms with Gasteiger partial charge < -0.3 is 19.1 Å². The van der Waals surface area contributed by atoms with Crippen LogP contribution in [-0.2, 0) is 19.8 Å². The number of allylic oxidation sites excluding steroid dienone is 1. The molecule has 2 aromatic carbocycles. The van der Waals surface area contributed by atoms with E-state index < -0.39 is 23.3 Å². The van der Waals surface area contributed by atoms with Crippen molar-refractivity contribution in [3.63, 3.8) is 0 Å². The van der Waals surface area contributed by atoms with Gasteiger partial charge in [0.1, 0.15) is 5.75 Å². The second-order valence-corrected chi connectivity index (χ2v) is 15.7. The first-order valence-electron chi connectivity index (χ1n) is 18.4. The molecule has 0 spiro atoms. The number of halogens is 3. The normalized spacial score (nSPS) is 15.1. The number of carbonyl (C=O) groups excluding carboxylic acids is 2. The predicted molar refractivity (Wildman–Crippen MR) is 206 cm³/mol. The fourth-order valence-corrected chi connectivity index (χ4v) is 8.22. The average Bonchev–Trinajstić information content (AvgIpc) is 3.58. The highest BCUT2D eigenvalue weighted by molar-refractivity contribution is 7.98. The number of rotatable bonds is 11. The fourth-order valence-electron chi connectivity index (χ4n) is 7.76.